The third kappa shape index (κ3) is 3.68. The first-order valence-electron chi connectivity index (χ1n) is 8.26. The summed E-state index contributed by atoms with van der Waals surface area (Å²) in [6.07, 6.45) is 3.66. The molecule has 1 unspecified atom stereocenters. The highest BCUT2D eigenvalue weighted by Crippen LogP contribution is 2.22. The number of rotatable bonds is 6. The zero-order valence-electron chi connectivity index (χ0n) is 14.3. The third-order valence-electron chi connectivity index (χ3n) is 4.04. The van der Waals surface area contributed by atoms with Crippen LogP contribution in [0.2, 0.25) is 0 Å². The molecule has 5 heteroatoms. The molecule has 3 rings (SSSR count). The second kappa shape index (κ2) is 7.36. The highest BCUT2D eigenvalue weighted by molar-refractivity contribution is 5.28. The fraction of sp³-hybridized carbons (Fsp3) is 0.316. The molecule has 0 fully saturated rings. The lowest BCUT2D eigenvalue weighted by Crippen LogP contribution is -2.27. The van der Waals surface area contributed by atoms with Crippen LogP contribution in [0.25, 0.3) is 5.69 Å². The van der Waals surface area contributed by atoms with E-state index in [9.17, 15) is 0 Å². The Balaban J connectivity index is 1.72. The molecule has 5 nitrogen and oxygen atoms in total. The Labute approximate surface area is 142 Å². The number of nitrogens with one attached hydrogen (secondary N) is 1. The molecule has 3 aromatic rings. The van der Waals surface area contributed by atoms with E-state index in [1.165, 1.54) is 5.56 Å². The van der Waals surface area contributed by atoms with Crippen LogP contribution in [-0.2, 0) is 6.54 Å². The smallest absolute Gasteiger partial charge is 0.0969 e. The van der Waals surface area contributed by atoms with Crippen LogP contribution in [0.3, 0.4) is 0 Å². The van der Waals surface area contributed by atoms with Crippen LogP contribution in [0.5, 0.6) is 0 Å². The average molecular weight is 321 g/mol. The maximum Gasteiger partial charge on any atom is 0.0969 e. The Bertz CT molecular complexity index is 779. The van der Waals surface area contributed by atoms with E-state index in [-0.39, 0.29) is 6.04 Å². The second-order valence-electron chi connectivity index (χ2n) is 6.27. The summed E-state index contributed by atoms with van der Waals surface area (Å²) >= 11 is 0. The summed E-state index contributed by atoms with van der Waals surface area (Å²) in [5.41, 5.74) is 4.18. The van der Waals surface area contributed by atoms with Crippen LogP contribution < -0.4 is 5.32 Å². The Morgan fingerprint density at radius 1 is 1.08 bits per heavy atom. The molecule has 0 aliphatic carbocycles. The molecule has 0 saturated heterocycles. The summed E-state index contributed by atoms with van der Waals surface area (Å²) in [4.78, 5) is 6.22. The maximum atomic E-state index is 4.56. The van der Waals surface area contributed by atoms with Gasteiger partial charge in [-0.25, -0.2) is 0 Å². The summed E-state index contributed by atoms with van der Waals surface area (Å²) in [5.74, 6) is 0.433. The highest BCUT2D eigenvalue weighted by Gasteiger charge is 2.19. The molecule has 0 spiro atoms. The van der Waals surface area contributed by atoms with Crippen molar-refractivity contribution in [3.8, 4) is 5.69 Å². The molecule has 1 N–H and O–H groups in total. The van der Waals surface area contributed by atoms with Gasteiger partial charge in [0.2, 0.25) is 0 Å². The van der Waals surface area contributed by atoms with Crippen molar-refractivity contribution in [3.63, 3.8) is 0 Å². The number of aromatic nitrogens is 4. The lowest BCUT2D eigenvalue weighted by atomic mass is 9.97. The van der Waals surface area contributed by atoms with Crippen LogP contribution in [0.1, 0.15) is 36.8 Å². The van der Waals surface area contributed by atoms with Gasteiger partial charge in [0.15, 0.2) is 0 Å². The van der Waals surface area contributed by atoms with Gasteiger partial charge < -0.3 is 5.32 Å². The molecule has 0 radical (unpaired) electrons. The monoisotopic (exact) mass is 321 g/mol. The van der Waals surface area contributed by atoms with Gasteiger partial charge >= 0.3 is 0 Å². The summed E-state index contributed by atoms with van der Waals surface area (Å²) in [6, 6.07) is 14.2. The van der Waals surface area contributed by atoms with E-state index in [0.29, 0.717) is 12.5 Å². The summed E-state index contributed by atoms with van der Waals surface area (Å²) < 4.78 is 0. The Morgan fingerprint density at radius 3 is 2.58 bits per heavy atom. The van der Waals surface area contributed by atoms with Gasteiger partial charge in [-0.3, -0.25) is 4.98 Å². The first-order chi connectivity index (χ1) is 11.6. The van der Waals surface area contributed by atoms with Crippen LogP contribution in [0.15, 0.2) is 54.9 Å². The zero-order chi connectivity index (χ0) is 16.9. The minimum atomic E-state index is 0.188. The molecule has 0 aliphatic heterocycles. The molecule has 2 heterocycles. The molecule has 24 heavy (non-hydrogen) atoms. The quantitative estimate of drug-likeness (QED) is 0.755. The van der Waals surface area contributed by atoms with Gasteiger partial charge in [-0.15, -0.1) is 0 Å². The molecular formula is C19H23N5. The third-order valence-corrected chi connectivity index (χ3v) is 4.04. The number of hydrogen-bond donors (Lipinski definition) is 1. The molecular weight excluding hydrogens is 298 g/mol. The first-order valence-corrected chi connectivity index (χ1v) is 8.26. The van der Waals surface area contributed by atoms with Crippen molar-refractivity contribution in [3.05, 3.63) is 71.8 Å². The molecule has 124 valence electrons. The molecule has 0 saturated carbocycles. The normalized spacial score (nSPS) is 12.5. The standard InChI is InChI=1S/C19H23N5/c1-14(2)18(19-15(3)8-7-11-20-19)21-12-16-13-22-24(23-16)17-9-5-4-6-10-17/h4-11,13-14,18,21H,12H2,1-3H3. The van der Waals surface area contributed by atoms with Crippen molar-refractivity contribution >= 4 is 0 Å². The number of hydrogen-bond acceptors (Lipinski definition) is 4. The molecule has 0 aliphatic rings. The van der Waals surface area contributed by atoms with Crippen molar-refractivity contribution in [2.24, 2.45) is 5.92 Å². The molecule has 1 atom stereocenters. The topological polar surface area (TPSA) is 55.6 Å². The van der Waals surface area contributed by atoms with Gasteiger partial charge in [0.1, 0.15) is 0 Å². The lowest BCUT2D eigenvalue weighted by molar-refractivity contribution is 0.398. The van der Waals surface area contributed by atoms with Crippen molar-refractivity contribution in [2.75, 3.05) is 0 Å². The van der Waals surface area contributed by atoms with E-state index in [1.807, 2.05) is 48.8 Å². The van der Waals surface area contributed by atoms with Gasteiger partial charge in [-0.05, 0) is 36.6 Å². The van der Waals surface area contributed by atoms with Gasteiger partial charge in [0.25, 0.3) is 0 Å². The van der Waals surface area contributed by atoms with Crippen LogP contribution in [0, 0.1) is 12.8 Å². The first kappa shape index (κ1) is 16.3. The van der Waals surface area contributed by atoms with Gasteiger partial charge in [0.05, 0.1) is 29.3 Å². The van der Waals surface area contributed by atoms with E-state index in [2.05, 4.69) is 47.3 Å². The second-order valence-corrected chi connectivity index (χ2v) is 6.27. The predicted molar refractivity (Wildman–Crippen MR) is 94.8 cm³/mol. The molecule has 1 aromatic carbocycles. The van der Waals surface area contributed by atoms with E-state index in [4.69, 9.17) is 0 Å². The number of pyridine rings is 1. The number of benzene rings is 1. The predicted octanol–water partition coefficient (Wildman–Crippen LogP) is 3.46. The number of nitrogens with zero attached hydrogens (tertiary/aromatic N) is 4. The zero-order valence-corrected chi connectivity index (χ0v) is 14.3. The SMILES string of the molecule is Cc1cccnc1C(NCc1cnn(-c2ccccc2)n1)C(C)C. The van der Waals surface area contributed by atoms with Crippen molar-refractivity contribution < 1.29 is 0 Å². The van der Waals surface area contributed by atoms with Gasteiger partial charge in [-0.1, -0.05) is 38.1 Å². The van der Waals surface area contributed by atoms with Crippen molar-refractivity contribution in [2.45, 2.75) is 33.4 Å². The Kier molecular flexibility index (Phi) is 5.01. The maximum absolute atomic E-state index is 4.56. The average Bonchev–Trinajstić information content (AvgIpc) is 3.06. The largest absolute Gasteiger partial charge is 0.303 e. The van der Waals surface area contributed by atoms with E-state index < -0.39 is 0 Å². The number of aryl methyl sites for hydroxylation is 1. The van der Waals surface area contributed by atoms with Crippen molar-refractivity contribution in [1.82, 2.24) is 25.3 Å². The van der Waals surface area contributed by atoms with Gasteiger partial charge in [0, 0.05) is 12.7 Å². The molecule has 0 bridgehead atoms. The van der Waals surface area contributed by atoms with Crippen LogP contribution in [0.4, 0.5) is 0 Å². The lowest BCUT2D eigenvalue weighted by Gasteiger charge is -2.23. The minimum absolute atomic E-state index is 0.188. The fourth-order valence-corrected chi connectivity index (χ4v) is 2.75. The summed E-state index contributed by atoms with van der Waals surface area (Å²) in [7, 11) is 0. The fourth-order valence-electron chi connectivity index (χ4n) is 2.75. The van der Waals surface area contributed by atoms with Crippen LogP contribution in [-0.4, -0.2) is 20.0 Å². The highest BCUT2D eigenvalue weighted by atomic mass is 15.5. The molecule has 2 aromatic heterocycles. The van der Waals surface area contributed by atoms with Crippen LogP contribution >= 0.6 is 0 Å². The number of para-hydroxylation sites is 1. The minimum Gasteiger partial charge on any atom is -0.303 e. The van der Waals surface area contributed by atoms with E-state index in [0.717, 1.165) is 17.1 Å². The Hall–Kier alpha value is -2.53. The summed E-state index contributed by atoms with van der Waals surface area (Å²) in [5, 5.41) is 12.5. The van der Waals surface area contributed by atoms with Gasteiger partial charge in [-0.2, -0.15) is 15.0 Å². The van der Waals surface area contributed by atoms with E-state index >= 15 is 0 Å². The van der Waals surface area contributed by atoms with E-state index in [1.54, 1.807) is 4.80 Å². The summed E-state index contributed by atoms with van der Waals surface area (Å²) in [6.45, 7) is 7.16. The van der Waals surface area contributed by atoms with Crippen molar-refractivity contribution in [1.29, 1.82) is 0 Å². The Morgan fingerprint density at radius 2 is 1.88 bits per heavy atom. The molecule has 0 amide bonds.